The molecular weight excluding hydrogens is 198 g/mol. The third-order valence-electron chi connectivity index (χ3n) is 1.46. The van der Waals surface area contributed by atoms with Crippen LogP contribution < -0.4 is 10.5 Å². The number of ether oxygens (including phenoxy) is 1. The molecule has 1 rings (SSSR count). The zero-order chi connectivity index (χ0) is 11.6. The molecule has 0 atom stereocenters. The summed E-state index contributed by atoms with van der Waals surface area (Å²) in [4.78, 5) is 13.9. The van der Waals surface area contributed by atoms with Gasteiger partial charge in [-0.15, -0.1) is 0 Å². The summed E-state index contributed by atoms with van der Waals surface area (Å²) in [5, 5.41) is 10.7. The molecule has 0 bridgehead atoms. The zero-order valence-electron chi connectivity index (χ0n) is 8.85. The van der Waals surface area contributed by atoms with Crippen LogP contribution >= 0.6 is 0 Å². The molecule has 15 heavy (non-hydrogen) atoms. The molecule has 2 N–H and O–H groups in total. The van der Waals surface area contributed by atoms with Crippen molar-refractivity contribution in [2.24, 2.45) is 0 Å². The summed E-state index contributed by atoms with van der Waals surface area (Å²) in [5.41, 5.74) is 4.70. The van der Waals surface area contributed by atoms with E-state index in [9.17, 15) is 10.1 Å². The Kier molecular flexibility index (Phi) is 2.78. The molecule has 0 saturated heterocycles. The number of nitrogens with two attached hydrogens (primary N) is 1. The molecule has 1 aromatic rings. The van der Waals surface area contributed by atoms with Crippen molar-refractivity contribution in [3.8, 4) is 5.88 Å². The first-order valence-electron chi connectivity index (χ1n) is 4.39. The van der Waals surface area contributed by atoms with Crippen molar-refractivity contribution in [1.82, 2.24) is 4.98 Å². The van der Waals surface area contributed by atoms with Crippen LogP contribution in [0, 0.1) is 10.1 Å². The quantitative estimate of drug-likeness (QED) is 0.594. The molecule has 1 aromatic heterocycles. The van der Waals surface area contributed by atoms with Gasteiger partial charge in [0.05, 0.1) is 4.92 Å². The SMILES string of the molecule is CC(C)(C)Oc1nc(N)ccc1[N+](=O)[O-]. The lowest BCUT2D eigenvalue weighted by atomic mass is 10.2. The summed E-state index contributed by atoms with van der Waals surface area (Å²) in [7, 11) is 0. The maximum absolute atomic E-state index is 10.7. The fraction of sp³-hybridized carbons (Fsp3) is 0.444. The number of anilines is 1. The highest BCUT2D eigenvalue weighted by atomic mass is 16.6. The van der Waals surface area contributed by atoms with Crippen molar-refractivity contribution in [3.05, 3.63) is 22.2 Å². The Balaban J connectivity index is 3.13. The first-order chi connectivity index (χ1) is 6.79. The van der Waals surface area contributed by atoms with Gasteiger partial charge in [-0.05, 0) is 26.8 Å². The summed E-state index contributed by atoms with van der Waals surface area (Å²) in [5.74, 6) is 0.146. The number of hydrogen-bond donors (Lipinski definition) is 1. The lowest BCUT2D eigenvalue weighted by molar-refractivity contribution is -0.386. The van der Waals surface area contributed by atoms with Crippen LogP contribution in [0.15, 0.2) is 12.1 Å². The van der Waals surface area contributed by atoms with E-state index in [0.717, 1.165) is 0 Å². The number of pyridine rings is 1. The number of aromatic nitrogens is 1. The predicted octanol–water partition coefficient (Wildman–Crippen LogP) is 1.75. The van der Waals surface area contributed by atoms with Gasteiger partial charge in [0.1, 0.15) is 11.4 Å². The number of hydrogen-bond acceptors (Lipinski definition) is 5. The van der Waals surface area contributed by atoms with Crippen LogP contribution in [0.4, 0.5) is 11.5 Å². The van der Waals surface area contributed by atoms with E-state index in [1.165, 1.54) is 12.1 Å². The van der Waals surface area contributed by atoms with Crippen LogP contribution in [-0.4, -0.2) is 15.5 Å². The van der Waals surface area contributed by atoms with E-state index >= 15 is 0 Å². The highest BCUT2D eigenvalue weighted by molar-refractivity contribution is 5.47. The maximum Gasteiger partial charge on any atom is 0.331 e. The first kappa shape index (κ1) is 11.2. The van der Waals surface area contributed by atoms with Crippen LogP contribution in [0.5, 0.6) is 5.88 Å². The zero-order valence-corrected chi connectivity index (χ0v) is 8.85. The minimum atomic E-state index is -0.550. The van der Waals surface area contributed by atoms with E-state index in [1.54, 1.807) is 20.8 Å². The van der Waals surface area contributed by atoms with Gasteiger partial charge >= 0.3 is 5.69 Å². The molecule has 0 aliphatic rings. The van der Waals surface area contributed by atoms with Crippen LogP contribution in [0.1, 0.15) is 20.8 Å². The van der Waals surface area contributed by atoms with E-state index in [0.29, 0.717) is 0 Å². The normalized spacial score (nSPS) is 11.1. The van der Waals surface area contributed by atoms with Gasteiger partial charge in [-0.2, -0.15) is 4.98 Å². The summed E-state index contributed by atoms with van der Waals surface area (Å²) >= 11 is 0. The van der Waals surface area contributed by atoms with E-state index in [-0.39, 0.29) is 17.4 Å². The third kappa shape index (κ3) is 3.08. The van der Waals surface area contributed by atoms with Gasteiger partial charge in [0.15, 0.2) is 0 Å². The number of nitro groups is 1. The molecule has 0 amide bonds. The van der Waals surface area contributed by atoms with Crippen molar-refractivity contribution in [1.29, 1.82) is 0 Å². The average Bonchev–Trinajstić information content (AvgIpc) is 1.99. The highest BCUT2D eigenvalue weighted by Crippen LogP contribution is 2.28. The molecule has 0 aliphatic heterocycles. The Morgan fingerprint density at radius 3 is 2.53 bits per heavy atom. The second-order valence-corrected chi connectivity index (χ2v) is 4.03. The van der Waals surface area contributed by atoms with Crippen LogP contribution in [-0.2, 0) is 0 Å². The lowest BCUT2D eigenvalue weighted by Crippen LogP contribution is -2.24. The molecule has 6 nitrogen and oxygen atoms in total. The number of nitrogen functional groups attached to an aromatic ring is 1. The topological polar surface area (TPSA) is 91.3 Å². The van der Waals surface area contributed by atoms with Crippen LogP contribution in [0.25, 0.3) is 0 Å². The average molecular weight is 211 g/mol. The van der Waals surface area contributed by atoms with Gasteiger partial charge < -0.3 is 10.5 Å². The standard InChI is InChI=1S/C9H13N3O3/c1-9(2,3)15-8-6(12(13)14)4-5-7(10)11-8/h4-5H,1-3H3,(H2,10,11). The monoisotopic (exact) mass is 211 g/mol. The van der Waals surface area contributed by atoms with Gasteiger partial charge in [0, 0.05) is 6.07 Å². The van der Waals surface area contributed by atoms with E-state index in [4.69, 9.17) is 10.5 Å². The Morgan fingerprint density at radius 2 is 2.07 bits per heavy atom. The van der Waals surface area contributed by atoms with Crippen molar-refractivity contribution in [2.75, 3.05) is 5.73 Å². The highest BCUT2D eigenvalue weighted by Gasteiger charge is 2.22. The summed E-state index contributed by atoms with van der Waals surface area (Å²) < 4.78 is 5.34. The van der Waals surface area contributed by atoms with Gasteiger partial charge in [0.25, 0.3) is 5.88 Å². The van der Waals surface area contributed by atoms with Crippen molar-refractivity contribution in [3.63, 3.8) is 0 Å². The largest absolute Gasteiger partial charge is 0.467 e. The Morgan fingerprint density at radius 1 is 1.47 bits per heavy atom. The van der Waals surface area contributed by atoms with Crippen molar-refractivity contribution >= 4 is 11.5 Å². The molecule has 0 spiro atoms. The van der Waals surface area contributed by atoms with Gasteiger partial charge in [-0.25, -0.2) is 0 Å². The smallest absolute Gasteiger partial charge is 0.331 e. The minimum Gasteiger partial charge on any atom is -0.467 e. The predicted molar refractivity (Wildman–Crippen MR) is 55.7 cm³/mol. The van der Waals surface area contributed by atoms with E-state index in [1.807, 2.05) is 0 Å². The van der Waals surface area contributed by atoms with E-state index < -0.39 is 10.5 Å². The van der Waals surface area contributed by atoms with Crippen molar-refractivity contribution < 1.29 is 9.66 Å². The molecule has 0 aromatic carbocycles. The van der Waals surface area contributed by atoms with Gasteiger partial charge in [-0.1, -0.05) is 0 Å². The van der Waals surface area contributed by atoms with Crippen LogP contribution in [0.2, 0.25) is 0 Å². The second-order valence-electron chi connectivity index (χ2n) is 4.03. The molecule has 0 unspecified atom stereocenters. The summed E-state index contributed by atoms with van der Waals surface area (Å²) in [6, 6.07) is 2.65. The van der Waals surface area contributed by atoms with E-state index in [2.05, 4.69) is 4.98 Å². The molecule has 0 aliphatic carbocycles. The molecule has 6 heteroatoms. The molecule has 1 heterocycles. The third-order valence-corrected chi connectivity index (χ3v) is 1.46. The minimum absolute atomic E-state index is 0.0486. The molecule has 0 saturated carbocycles. The Bertz CT molecular complexity index is 385. The number of nitrogens with zero attached hydrogens (tertiary/aromatic N) is 2. The molecule has 0 fully saturated rings. The molecule has 0 radical (unpaired) electrons. The Hall–Kier alpha value is -1.85. The van der Waals surface area contributed by atoms with Crippen LogP contribution in [0.3, 0.4) is 0 Å². The maximum atomic E-state index is 10.7. The van der Waals surface area contributed by atoms with Gasteiger partial charge in [-0.3, -0.25) is 10.1 Å². The first-order valence-corrected chi connectivity index (χ1v) is 4.39. The fourth-order valence-corrected chi connectivity index (χ4v) is 0.951. The second kappa shape index (κ2) is 3.72. The molecular formula is C9H13N3O3. The fourth-order valence-electron chi connectivity index (χ4n) is 0.951. The summed E-state index contributed by atoms with van der Waals surface area (Å²) in [6.45, 7) is 5.34. The molecule has 82 valence electrons. The Labute approximate surface area is 87.2 Å². The van der Waals surface area contributed by atoms with Crippen molar-refractivity contribution in [2.45, 2.75) is 26.4 Å². The number of rotatable bonds is 2. The lowest BCUT2D eigenvalue weighted by Gasteiger charge is -2.19. The van der Waals surface area contributed by atoms with Gasteiger partial charge in [0.2, 0.25) is 0 Å². The summed E-state index contributed by atoms with van der Waals surface area (Å²) in [6.07, 6.45) is 0.